The summed E-state index contributed by atoms with van der Waals surface area (Å²) in [7, 11) is 0. The Kier molecular flexibility index (Phi) is 2.91. The van der Waals surface area contributed by atoms with E-state index in [0.29, 0.717) is 5.82 Å². The fourth-order valence-corrected chi connectivity index (χ4v) is 3.44. The molecule has 1 heterocycles. The molecule has 0 bridgehead atoms. The van der Waals surface area contributed by atoms with Gasteiger partial charge < -0.3 is 11.5 Å². The average Bonchev–Trinajstić information content (AvgIpc) is 2.87. The summed E-state index contributed by atoms with van der Waals surface area (Å²) in [5.74, 6) is 0.571. The van der Waals surface area contributed by atoms with Crippen molar-refractivity contribution >= 4 is 16.7 Å². The lowest BCUT2D eigenvalue weighted by Crippen LogP contribution is -2.04. The van der Waals surface area contributed by atoms with Crippen molar-refractivity contribution in [3.8, 4) is 11.1 Å². The summed E-state index contributed by atoms with van der Waals surface area (Å²) in [5.41, 5.74) is 19.2. The molecule has 22 heavy (non-hydrogen) atoms. The normalized spacial score (nSPS) is 16.9. The molecule has 1 unspecified atom stereocenters. The lowest BCUT2D eigenvalue weighted by Gasteiger charge is -2.09. The van der Waals surface area contributed by atoms with Crippen LogP contribution in [-0.4, -0.2) is 4.98 Å². The van der Waals surface area contributed by atoms with Gasteiger partial charge in [0.2, 0.25) is 0 Å². The number of hydrogen-bond donors (Lipinski definition) is 2. The summed E-state index contributed by atoms with van der Waals surface area (Å²) in [5, 5.41) is 1.15. The van der Waals surface area contributed by atoms with E-state index in [1.54, 1.807) is 0 Å². The molecule has 0 saturated heterocycles. The zero-order chi connectivity index (χ0) is 15.3. The molecule has 1 atom stereocenters. The second-order valence-electron chi connectivity index (χ2n) is 6.15. The zero-order valence-corrected chi connectivity index (χ0v) is 12.6. The van der Waals surface area contributed by atoms with Gasteiger partial charge in [-0.2, -0.15) is 0 Å². The smallest absolute Gasteiger partial charge is 0.124 e. The highest BCUT2D eigenvalue weighted by Gasteiger charge is 2.19. The van der Waals surface area contributed by atoms with Crippen LogP contribution in [-0.2, 0) is 6.42 Å². The van der Waals surface area contributed by atoms with Gasteiger partial charge in [-0.05, 0) is 59.7 Å². The number of anilines is 1. The van der Waals surface area contributed by atoms with Gasteiger partial charge in [0, 0.05) is 11.4 Å². The first kappa shape index (κ1) is 13.3. The molecule has 0 radical (unpaired) electrons. The second kappa shape index (κ2) is 4.82. The molecule has 0 saturated carbocycles. The Morgan fingerprint density at radius 1 is 1.05 bits per heavy atom. The molecule has 3 aromatic rings. The SMILES string of the molecule is Cc1cc(N)nc2cc(-c3ccc4c(c3)CCC4N)ccc12. The predicted octanol–water partition coefficient (Wildman–Crippen LogP) is 3.74. The van der Waals surface area contributed by atoms with Crippen molar-refractivity contribution in [1.29, 1.82) is 0 Å². The van der Waals surface area contributed by atoms with Gasteiger partial charge >= 0.3 is 0 Å². The van der Waals surface area contributed by atoms with Gasteiger partial charge in [-0.25, -0.2) is 4.98 Å². The van der Waals surface area contributed by atoms with E-state index in [-0.39, 0.29) is 6.04 Å². The lowest BCUT2D eigenvalue weighted by atomic mass is 9.98. The number of aromatic nitrogens is 1. The Bertz CT molecular complexity index is 883. The fourth-order valence-electron chi connectivity index (χ4n) is 3.44. The van der Waals surface area contributed by atoms with Gasteiger partial charge in [-0.15, -0.1) is 0 Å². The average molecular weight is 289 g/mol. The predicted molar refractivity (Wildman–Crippen MR) is 91.6 cm³/mol. The molecule has 1 aromatic heterocycles. The van der Waals surface area contributed by atoms with Gasteiger partial charge in [0.25, 0.3) is 0 Å². The fraction of sp³-hybridized carbons (Fsp3) is 0.211. The lowest BCUT2D eigenvalue weighted by molar-refractivity contribution is 0.713. The Balaban J connectivity index is 1.85. The number of nitrogen functional groups attached to an aromatic ring is 1. The van der Waals surface area contributed by atoms with Crippen LogP contribution >= 0.6 is 0 Å². The molecule has 1 aliphatic carbocycles. The first-order chi connectivity index (χ1) is 10.6. The van der Waals surface area contributed by atoms with Crippen LogP contribution in [0.4, 0.5) is 5.82 Å². The van der Waals surface area contributed by atoms with Crippen molar-refractivity contribution in [2.45, 2.75) is 25.8 Å². The summed E-state index contributed by atoms with van der Waals surface area (Å²) in [4.78, 5) is 4.46. The number of fused-ring (bicyclic) bond motifs is 2. The Morgan fingerprint density at radius 2 is 1.82 bits per heavy atom. The molecule has 0 fully saturated rings. The molecule has 3 nitrogen and oxygen atoms in total. The molecule has 2 aromatic carbocycles. The van der Waals surface area contributed by atoms with E-state index in [9.17, 15) is 0 Å². The van der Waals surface area contributed by atoms with E-state index >= 15 is 0 Å². The van der Waals surface area contributed by atoms with E-state index < -0.39 is 0 Å². The summed E-state index contributed by atoms with van der Waals surface area (Å²) in [6.07, 6.45) is 2.12. The van der Waals surface area contributed by atoms with Crippen LogP contribution in [0.3, 0.4) is 0 Å². The van der Waals surface area contributed by atoms with Crippen molar-refractivity contribution < 1.29 is 0 Å². The third kappa shape index (κ3) is 2.06. The van der Waals surface area contributed by atoms with Crippen molar-refractivity contribution in [3.63, 3.8) is 0 Å². The minimum Gasteiger partial charge on any atom is -0.384 e. The summed E-state index contributed by atoms with van der Waals surface area (Å²) >= 11 is 0. The molecule has 4 rings (SSSR count). The first-order valence-electron chi connectivity index (χ1n) is 7.67. The molecular weight excluding hydrogens is 270 g/mol. The Labute approximate surface area is 130 Å². The molecule has 0 amide bonds. The van der Waals surface area contributed by atoms with Crippen LogP contribution in [0, 0.1) is 6.92 Å². The molecule has 0 spiro atoms. The van der Waals surface area contributed by atoms with Gasteiger partial charge in [0.15, 0.2) is 0 Å². The van der Waals surface area contributed by atoms with E-state index in [0.717, 1.165) is 29.3 Å². The number of pyridine rings is 1. The van der Waals surface area contributed by atoms with Gasteiger partial charge in [0.05, 0.1) is 5.52 Å². The van der Waals surface area contributed by atoms with Crippen LogP contribution in [0.2, 0.25) is 0 Å². The van der Waals surface area contributed by atoms with Gasteiger partial charge in [-0.1, -0.05) is 30.3 Å². The van der Waals surface area contributed by atoms with E-state index in [4.69, 9.17) is 11.5 Å². The van der Waals surface area contributed by atoms with Crippen LogP contribution in [0.1, 0.15) is 29.2 Å². The maximum absolute atomic E-state index is 6.12. The first-order valence-corrected chi connectivity index (χ1v) is 7.67. The highest BCUT2D eigenvalue weighted by molar-refractivity contribution is 5.88. The molecule has 3 heteroatoms. The summed E-state index contributed by atoms with van der Waals surface area (Å²) < 4.78 is 0. The van der Waals surface area contributed by atoms with E-state index in [1.807, 2.05) is 6.07 Å². The van der Waals surface area contributed by atoms with Crippen LogP contribution in [0.25, 0.3) is 22.0 Å². The van der Waals surface area contributed by atoms with Crippen LogP contribution in [0.5, 0.6) is 0 Å². The zero-order valence-electron chi connectivity index (χ0n) is 12.6. The van der Waals surface area contributed by atoms with Gasteiger partial charge in [-0.3, -0.25) is 0 Å². The monoisotopic (exact) mass is 289 g/mol. The number of nitrogens with zero attached hydrogens (tertiary/aromatic N) is 1. The third-order valence-electron chi connectivity index (χ3n) is 4.64. The minimum atomic E-state index is 0.199. The topological polar surface area (TPSA) is 64.9 Å². The number of aryl methyl sites for hydroxylation is 2. The Hall–Kier alpha value is -2.39. The third-order valence-corrected chi connectivity index (χ3v) is 4.64. The molecule has 4 N–H and O–H groups in total. The molecule has 1 aliphatic rings. The van der Waals surface area contributed by atoms with E-state index in [1.165, 1.54) is 22.3 Å². The second-order valence-corrected chi connectivity index (χ2v) is 6.15. The summed E-state index contributed by atoms with van der Waals surface area (Å²) in [6, 6.07) is 15.1. The quantitative estimate of drug-likeness (QED) is 0.717. The largest absolute Gasteiger partial charge is 0.384 e. The van der Waals surface area contributed by atoms with Gasteiger partial charge in [0.1, 0.15) is 5.82 Å². The van der Waals surface area contributed by atoms with Crippen molar-refractivity contribution in [1.82, 2.24) is 4.98 Å². The highest BCUT2D eigenvalue weighted by atomic mass is 14.8. The summed E-state index contributed by atoms with van der Waals surface area (Å²) in [6.45, 7) is 2.07. The standard InChI is InChI=1S/C19H19N3/c1-11-8-19(21)22-18-10-13(2-5-15(11)18)12-3-6-16-14(9-12)4-7-17(16)20/h2-3,5-6,8-10,17H,4,7,20H2,1H3,(H2,21,22). The highest BCUT2D eigenvalue weighted by Crippen LogP contribution is 2.33. The minimum absolute atomic E-state index is 0.199. The Morgan fingerprint density at radius 3 is 2.68 bits per heavy atom. The van der Waals surface area contributed by atoms with Crippen LogP contribution < -0.4 is 11.5 Å². The van der Waals surface area contributed by atoms with Crippen LogP contribution in [0.15, 0.2) is 42.5 Å². The van der Waals surface area contributed by atoms with Crippen molar-refractivity contribution in [3.05, 3.63) is 59.2 Å². The van der Waals surface area contributed by atoms with Crippen molar-refractivity contribution in [2.24, 2.45) is 5.73 Å². The molecular formula is C19H19N3. The number of benzene rings is 2. The maximum Gasteiger partial charge on any atom is 0.124 e. The molecule has 0 aliphatic heterocycles. The number of nitrogens with two attached hydrogens (primary N) is 2. The number of hydrogen-bond acceptors (Lipinski definition) is 3. The van der Waals surface area contributed by atoms with E-state index in [2.05, 4.69) is 48.3 Å². The molecule has 110 valence electrons. The van der Waals surface area contributed by atoms with Crippen molar-refractivity contribution in [2.75, 3.05) is 5.73 Å². The number of rotatable bonds is 1. The maximum atomic E-state index is 6.12.